The number of hydrogen-bond acceptors (Lipinski definition) is 5. The summed E-state index contributed by atoms with van der Waals surface area (Å²) in [6, 6.07) is 5.19. The molecule has 1 fully saturated rings. The molecule has 0 radical (unpaired) electrons. The van der Waals surface area contributed by atoms with Crippen LogP contribution in [0, 0.1) is 6.92 Å². The summed E-state index contributed by atoms with van der Waals surface area (Å²) in [5.41, 5.74) is 0.827. The summed E-state index contributed by atoms with van der Waals surface area (Å²) in [7, 11) is -3.48. The van der Waals surface area contributed by atoms with E-state index in [2.05, 4.69) is 10.2 Å². The van der Waals surface area contributed by atoms with Gasteiger partial charge in [-0.15, -0.1) is 0 Å². The number of piperidine rings is 1. The maximum absolute atomic E-state index is 12.8. The first-order valence-electron chi connectivity index (χ1n) is 8.11. The molecule has 0 atom stereocenters. The summed E-state index contributed by atoms with van der Waals surface area (Å²) in [6.07, 6.45) is 4.71. The van der Waals surface area contributed by atoms with Crippen molar-refractivity contribution in [1.29, 1.82) is 0 Å². The molecule has 0 N–H and O–H groups in total. The van der Waals surface area contributed by atoms with Crippen molar-refractivity contribution in [2.45, 2.75) is 37.6 Å². The fraction of sp³-hybridized carbons (Fsp3) is 0.500. The molecule has 3 rings (SSSR count). The van der Waals surface area contributed by atoms with Crippen molar-refractivity contribution in [3.63, 3.8) is 0 Å². The average Bonchev–Trinajstić information content (AvgIpc) is 3.11. The fourth-order valence-corrected chi connectivity index (χ4v) is 4.53. The third-order valence-corrected chi connectivity index (χ3v) is 6.17. The zero-order valence-electron chi connectivity index (χ0n) is 13.9. The minimum Gasteiger partial charge on any atom is -0.494 e. The van der Waals surface area contributed by atoms with Gasteiger partial charge in [0.25, 0.3) is 0 Å². The number of sulfonamides is 1. The van der Waals surface area contributed by atoms with Gasteiger partial charge in [-0.1, -0.05) is 0 Å². The van der Waals surface area contributed by atoms with Gasteiger partial charge < -0.3 is 4.74 Å². The second kappa shape index (κ2) is 6.90. The first-order valence-corrected chi connectivity index (χ1v) is 9.55. The topological polar surface area (TPSA) is 77.3 Å². The van der Waals surface area contributed by atoms with Crippen LogP contribution in [-0.4, -0.2) is 47.4 Å². The Kier molecular flexibility index (Phi) is 4.86. The lowest BCUT2D eigenvalue weighted by Gasteiger charge is -2.30. The Bertz CT molecular complexity index is 782. The van der Waals surface area contributed by atoms with Crippen LogP contribution < -0.4 is 4.74 Å². The average molecular weight is 350 g/mol. The molecule has 130 valence electrons. The molecule has 1 aliphatic rings. The van der Waals surface area contributed by atoms with E-state index >= 15 is 0 Å². The van der Waals surface area contributed by atoms with Gasteiger partial charge in [-0.25, -0.2) is 8.42 Å². The molecule has 0 spiro atoms. The molecule has 1 aromatic heterocycles. The minimum atomic E-state index is -3.48. The van der Waals surface area contributed by atoms with E-state index in [1.165, 1.54) is 0 Å². The van der Waals surface area contributed by atoms with Crippen LogP contribution in [-0.2, 0) is 10.0 Å². The normalized spacial score (nSPS) is 17.1. The summed E-state index contributed by atoms with van der Waals surface area (Å²) in [5, 5.41) is 8.30. The smallest absolute Gasteiger partial charge is 0.243 e. The van der Waals surface area contributed by atoms with E-state index in [1.54, 1.807) is 39.7 Å². The minimum absolute atomic E-state index is 0.161. The Balaban J connectivity index is 1.73. The van der Waals surface area contributed by atoms with E-state index in [1.807, 2.05) is 13.8 Å². The van der Waals surface area contributed by atoms with Crippen LogP contribution in [0.1, 0.15) is 31.4 Å². The first-order chi connectivity index (χ1) is 11.5. The maximum atomic E-state index is 12.8. The summed E-state index contributed by atoms with van der Waals surface area (Å²) in [5.74, 6) is 0.722. The Morgan fingerprint density at radius 2 is 1.88 bits per heavy atom. The molecule has 1 aliphatic heterocycles. The van der Waals surface area contributed by atoms with Crippen LogP contribution in [0.3, 0.4) is 0 Å². The van der Waals surface area contributed by atoms with Gasteiger partial charge in [-0.05, 0) is 50.5 Å². The molecule has 2 heterocycles. The van der Waals surface area contributed by atoms with Crippen molar-refractivity contribution < 1.29 is 13.2 Å². The van der Waals surface area contributed by atoms with E-state index in [0.29, 0.717) is 37.4 Å². The van der Waals surface area contributed by atoms with Crippen LogP contribution in [0.15, 0.2) is 35.5 Å². The van der Waals surface area contributed by atoms with Crippen molar-refractivity contribution >= 4 is 10.0 Å². The summed E-state index contributed by atoms with van der Waals surface area (Å²) >= 11 is 0. The molecule has 1 aromatic carbocycles. The molecule has 0 unspecified atom stereocenters. The Labute approximate surface area is 142 Å². The van der Waals surface area contributed by atoms with E-state index in [9.17, 15) is 8.42 Å². The molecular weight excluding hydrogens is 328 g/mol. The van der Waals surface area contributed by atoms with Crippen molar-refractivity contribution in [3.8, 4) is 5.75 Å². The molecule has 24 heavy (non-hydrogen) atoms. The fourth-order valence-electron chi connectivity index (χ4n) is 2.98. The highest BCUT2D eigenvalue weighted by molar-refractivity contribution is 7.89. The van der Waals surface area contributed by atoms with E-state index in [0.717, 1.165) is 11.3 Å². The van der Waals surface area contributed by atoms with E-state index < -0.39 is 10.0 Å². The number of ether oxygens (including phenoxy) is 1. The zero-order valence-corrected chi connectivity index (χ0v) is 14.7. The zero-order chi connectivity index (χ0) is 17.2. The van der Waals surface area contributed by atoms with Gasteiger partial charge in [0.1, 0.15) is 5.75 Å². The van der Waals surface area contributed by atoms with Crippen molar-refractivity contribution in [1.82, 2.24) is 19.3 Å². The van der Waals surface area contributed by atoms with Gasteiger partial charge in [-0.3, -0.25) is 0 Å². The molecule has 2 aromatic rings. The van der Waals surface area contributed by atoms with Crippen LogP contribution in [0.5, 0.6) is 5.75 Å². The number of hydrogen-bond donors (Lipinski definition) is 0. The standard InChI is InChI=1S/C16H22N4O3S/c1-3-23-16-5-4-15(12-13(16)2)24(21,22)19-10-6-14(7-11-19)20-17-8-9-18-20/h4-5,8-9,12,14H,3,6-7,10-11H2,1-2H3. The van der Waals surface area contributed by atoms with Crippen molar-refractivity contribution in [2.75, 3.05) is 19.7 Å². The largest absolute Gasteiger partial charge is 0.494 e. The maximum Gasteiger partial charge on any atom is 0.243 e. The van der Waals surface area contributed by atoms with Crippen molar-refractivity contribution in [3.05, 3.63) is 36.2 Å². The predicted molar refractivity (Wildman–Crippen MR) is 89.4 cm³/mol. The lowest BCUT2D eigenvalue weighted by atomic mass is 10.1. The van der Waals surface area contributed by atoms with Crippen LogP contribution in [0.2, 0.25) is 0 Å². The molecule has 0 aliphatic carbocycles. The lowest BCUT2D eigenvalue weighted by molar-refractivity contribution is 0.245. The summed E-state index contributed by atoms with van der Waals surface area (Å²) in [4.78, 5) is 1.99. The molecule has 0 saturated carbocycles. The molecule has 8 heteroatoms. The van der Waals surface area contributed by atoms with Gasteiger partial charge in [-0.2, -0.15) is 19.3 Å². The SMILES string of the molecule is CCOc1ccc(S(=O)(=O)N2CCC(n3nccn3)CC2)cc1C. The molecular formula is C16H22N4O3S. The summed E-state index contributed by atoms with van der Waals surface area (Å²) in [6.45, 7) is 5.27. The second-order valence-corrected chi connectivity index (χ2v) is 7.78. The molecule has 0 amide bonds. The monoisotopic (exact) mass is 350 g/mol. The van der Waals surface area contributed by atoms with Gasteiger partial charge in [0.2, 0.25) is 10.0 Å². The van der Waals surface area contributed by atoms with Crippen molar-refractivity contribution in [2.24, 2.45) is 0 Å². The predicted octanol–water partition coefficient (Wildman–Crippen LogP) is 2.01. The van der Waals surface area contributed by atoms with Crippen LogP contribution >= 0.6 is 0 Å². The molecule has 0 bridgehead atoms. The number of aromatic nitrogens is 3. The number of aryl methyl sites for hydroxylation is 1. The number of benzene rings is 1. The third kappa shape index (κ3) is 3.29. The number of rotatable bonds is 5. The second-order valence-electron chi connectivity index (χ2n) is 5.85. The highest BCUT2D eigenvalue weighted by Crippen LogP contribution is 2.28. The van der Waals surface area contributed by atoms with Gasteiger partial charge in [0.15, 0.2) is 0 Å². The lowest BCUT2D eigenvalue weighted by Crippen LogP contribution is -2.39. The Hall–Kier alpha value is -1.93. The Morgan fingerprint density at radius 3 is 2.46 bits per heavy atom. The highest BCUT2D eigenvalue weighted by atomic mass is 32.2. The number of nitrogens with zero attached hydrogens (tertiary/aromatic N) is 4. The first kappa shape index (κ1) is 16.9. The van der Waals surface area contributed by atoms with Gasteiger partial charge >= 0.3 is 0 Å². The third-order valence-electron chi connectivity index (χ3n) is 4.27. The highest BCUT2D eigenvalue weighted by Gasteiger charge is 2.30. The summed E-state index contributed by atoms with van der Waals surface area (Å²) < 4.78 is 32.7. The van der Waals surface area contributed by atoms with Crippen LogP contribution in [0.25, 0.3) is 0 Å². The van der Waals surface area contributed by atoms with Crippen LogP contribution in [0.4, 0.5) is 0 Å². The Morgan fingerprint density at radius 1 is 1.21 bits per heavy atom. The molecule has 1 saturated heterocycles. The van der Waals surface area contributed by atoms with E-state index in [4.69, 9.17) is 4.74 Å². The molecule has 7 nitrogen and oxygen atoms in total. The van der Waals surface area contributed by atoms with Gasteiger partial charge in [0.05, 0.1) is 29.9 Å². The van der Waals surface area contributed by atoms with Gasteiger partial charge in [0, 0.05) is 13.1 Å². The quantitative estimate of drug-likeness (QED) is 0.824. The van der Waals surface area contributed by atoms with E-state index in [-0.39, 0.29) is 6.04 Å².